The maximum absolute atomic E-state index is 5.85. The number of para-hydroxylation sites is 1. The summed E-state index contributed by atoms with van der Waals surface area (Å²) < 4.78 is 5.85. The largest absolute Gasteiger partial charge is 0.489 e. The minimum absolute atomic E-state index is 0.619. The molecule has 0 spiro atoms. The van der Waals surface area contributed by atoms with Crippen molar-refractivity contribution in [2.24, 2.45) is 0 Å². The summed E-state index contributed by atoms with van der Waals surface area (Å²) in [6.45, 7) is 6.87. The van der Waals surface area contributed by atoms with Crippen molar-refractivity contribution in [3.63, 3.8) is 0 Å². The Bertz CT molecular complexity index is 519. The second kappa shape index (κ2) is 7.71. The fraction of sp³-hybridized carbons (Fsp3) is 0.333. The third kappa shape index (κ3) is 4.39. The lowest BCUT2D eigenvalue weighted by Crippen LogP contribution is -2.13. The molecule has 0 unspecified atom stereocenters. The summed E-state index contributed by atoms with van der Waals surface area (Å²) in [6, 6.07) is 16.7. The first-order valence-electron chi connectivity index (χ1n) is 7.26. The second-order valence-electron chi connectivity index (χ2n) is 5.05. The summed E-state index contributed by atoms with van der Waals surface area (Å²) in [5.74, 6) is 0.959. The summed E-state index contributed by atoms with van der Waals surface area (Å²) in [5.41, 5.74) is 3.69. The monoisotopic (exact) mass is 269 g/mol. The maximum atomic E-state index is 5.85. The van der Waals surface area contributed by atoms with Crippen molar-refractivity contribution in [2.45, 2.75) is 33.4 Å². The highest BCUT2D eigenvalue weighted by Crippen LogP contribution is 2.18. The molecule has 2 rings (SSSR count). The minimum atomic E-state index is 0.619. The Morgan fingerprint density at radius 3 is 2.35 bits per heavy atom. The van der Waals surface area contributed by atoms with E-state index in [1.165, 1.54) is 23.1 Å². The molecule has 0 fully saturated rings. The van der Waals surface area contributed by atoms with Crippen LogP contribution in [0, 0.1) is 6.92 Å². The molecular formula is C18H23NO. The average molecular weight is 269 g/mol. The van der Waals surface area contributed by atoms with Crippen LogP contribution in [0.2, 0.25) is 0 Å². The molecule has 0 aliphatic rings. The molecule has 0 saturated carbocycles. The van der Waals surface area contributed by atoms with E-state index in [2.05, 4.69) is 49.5 Å². The highest BCUT2D eigenvalue weighted by Gasteiger charge is 1.99. The first-order chi connectivity index (χ1) is 9.79. The van der Waals surface area contributed by atoms with E-state index in [1.54, 1.807) is 0 Å². The van der Waals surface area contributed by atoms with E-state index in [4.69, 9.17) is 4.74 Å². The summed E-state index contributed by atoms with van der Waals surface area (Å²) in [6.07, 6.45) is 1.17. The number of ether oxygens (including phenoxy) is 1. The molecule has 2 heteroatoms. The Balaban J connectivity index is 1.86. The van der Waals surface area contributed by atoms with Gasteiger partial charge in [0.25, 0.3) is 0 Å². The van der Waals surface area contributed by atoms with Gasteiger partial charge in [-0.15, -0.1) is 0 Å². The van der Waals surface area contributed by atoms with Crippen LogP contribution in [0.15, 0.2) is 48.5 Å². The molecule has 0 aliphatic heterocycles. The summed E-state index contributed by atoms with van der Waals surface area (Å²) in [7, 11) is 0. The van der Waals surface area contributed by atoms with Crippen molar-refractivity contribution >= 4 is 0 Å². The normalized spacial score (nSPS) is 10.5. The topological polar surface area (TPSA) is 21.3 Å². The van der Waals surface area contributed by atoms with Crippen LogP contribution in [0.4, 0.5) is 0 Å². The van der Waals surface area contributed by atoms with E-state index >= 15 is 0 Å². The van der Waals surface area contributed by atoms with E-state index in [0.29, 0.717) is 6.61 Å². The van der Waals surface area contributed by atoms with Gasteiger partial charge in [0.15, 0.2) is 0 Å². The molecule has 0 heterocycles. The summed E-state index contributed by atoms with van der Waals surface area (Å²) >= 11 is 0. The molecule has 2 aromatic rings. The van der Waals surface area contributed by atoms with Gasteiger partial charge in [0.1, 0.15) is 12.4 Å². The molecule has 2 aromatic carbocycles. The molecule has 1 N–H and O–H groups in total. The highest BCUT2D eigenvalue weighted by molar-refractivity contribution is 5.32. The van der Waals surface area contributed by atoms with Gasteiger partial charge < -0.3 is 10.1 Å². The first-order valence-corrected chi connectivity index (χ1v) is 7.26. The molecule has 0 radical (unpaired) electrons. The van der Waals surface area contributed by atoms with Gasteiger partial charge in [-0.2, -0.15) is 0 Å². The van der Waals surface area contributed by atoms with Crippen LogP contribution in [0.5, 0.6) is 5.75 Å². The average Bonchev–Trinajstić information content (AvgIpc) is 2.48. The van der Waals surface area contributed by atoms with E-state index in [-0.39, 0.29) is 0 Å². The van der Waals surface area contributed by atoms with Crippen molar-refractivity contribution in [1.82, 2.24) is 5.32 Å². The van der Waals surface area contributed by atoms with E-state index in [0.717, 1.165) is 18.8 Å². The summed E-state index contributed by atoms with van der Waals surface area (Å²) in [4.78, 5) is 0. The lowest BCUT2D eigenvalue weighted by atomic mass is 10.1. The van der Waals surface area contributed by atoms with Gasteiger partial charge in [-0.1, -0.05) is 49.4 Å². The zero-order valence-corrected chi connectivity index (χ0v) is 12.4. The number of benzene rings is 2. The molecule has 0 aliphatic carbocycles. The Kier molecular flexibility index (Phi) is 5.63. The highest BCUT2D eigenvalue weighted by atomic mass is 16.5. The van der Waals surface area contributed by atoms with E-state index in [1.807, 2.05) is 18.2 Å². The van der Waals surface area contributed by atoms with Crippen molar-refractivity contribution in [3.8, 4) is 5.75 Å². The summed E-state index contributed by atoms with van der Waals surface area (Å²) in [5, 5.41) is 3.40. The van der Waals surface area contributed by atoms with Crippen LogP contribution in [0.3, 0.4) is 0 Å². The predicted octanol–water partition coefficient (Wildman–Crippen LogP) is 4.07. The van der Waals surface area contributed by atoms with Crippen molar-refractivity contribution < 1.29 is 4.74 Å². The van der Waals surface area contributed by atoms with Crippen LogP contribution in [0.25, 0.3) is 0 Å². The number of nitrogens with one attached hydrogen (secondary N) is 1. The van der Waals surface area contributed by atoms with Crippen LogP contribution < -0.4 is 10.1 Å². The fourth-order valence-electron chi connectivity index (χ4n) is 2.04. The third-order valence-corrected chi connectivity index (χ3v) is 3.27. The van der Waals surface area contributed by atoms with Gasteiger partial charge in [-0.05, 0) is 42.6 Å². The van der Waals surface area contributed by atoms with Crippen molar-refractivity contribution in [3.05, 3.63) is 65.2 Å². The number of rotatable bonds is 7. The van der Waals surface area contributed by atoms with Crippen LogP contribution in [-0.4, -0.2) is 6.54 Å². The van der Waals surface area contributed by atoms with Gasteiger partial charge in [0.05, 0.1) is 0 Å². The number of hydrogen-bond donors (Lipinski definition) is 1. The Hall–Kier alpha value is -1.80. The van der Waals surface area contributed by atoms with Gasteiger partial charge in [-0.25, -0.2) is 0 Å². The molecule has 2 nitrogen and oxygen atoms in total. The van der Waals surface area contributed by atoms with Gasteiger partial charge in [0.2, 0.25) is 0 Å². The number of hydrogen-bond acceptors (Lipinski definition) is 2. The quantitative estimate of drug-likeness (QED) is 0.765. The van der Waals surface area contributed by atoms with Crippen LogP contribution in [-0.2, 0) is 13.2 Å². The zero-order valence-electron chi connectivity index (χ0n) is 12.4. The molecular weight excluding hydrogens is 246 g/mol. The Morgan fingerprint density at radius 1 is 0.950 bits per heavy atom. The molecule has 106 valence electrons. The lowest BCUT2D eigenvalue weighted by molar-refractivity contribution is 0.304. The SMILES string of the molecule is CCCNCc1ccc(COc2ccccc2C)cc1. The maximum Gasteiger partial charge on any atom is 0.122 e. The van der Waals surface area contributed by atoms with Crippen molar-refractivity contribution in [2.75, 3.05) is 6.54 Å². The van der Waals surface area contributed by atoms with Gasteiger partial charge in [-0.3, -0.25) is 0 Å². The Labute approximate surface area is 121 Å². The second-order valence-corrected chi connectivity index (χ2v) is 5.05. The molecule has 0 amide bonds. The number of aryl methyl sites for hydroxylation is 1. The lowest BCUT2D eigenvalue weighted by Gasteiger charge is -2.09. The third-order valence-electron chi connectivity index (χ3n) is 3.27. The van der Waals surface area contributed by atoms with Gasteiger partial charge in [0, 0.05) is 6.54 Å². The standard InChI is InChI=1S/C18H23NO/c1-3-12-19-13-16-8-10-17(11-9-16)14-20-18-7-5-4-6-15(18)2/h4-11,19H,3,12-14H2,1-2H3. The molecule has 0 saturated heterocycles. The fourth-order valence-corrected chi connectivity index (χ4v) is 2.04. The minimum Gasteiger partial charge on any atom is -0.489 e. The van der Waals surface area contributed by atoms with Gasteiger partial charge >= 0.3 is 0 Å². The molecule has 0 bridgehead atoms. The smallest absolute Gasteiger partial charge is 0.122 e. The predicted molar refractivity (Wildman–Crippen MR) is 84.0 cm³/mol. The molecule has 20 heavy (non-hydrogen) atoms. The van der Waals surface area contributed by atoms with Crippen molar-refractivity contribution in [1.29, 1.82) is 0 Å². The van der Waals surface area contributed by atoms with E-state index < -0.39 is 0 Å². The zero-order chi connectivity index (χ0) is 14.2. The molecule has 0 aromatic heterocycles. The van der Waals surface area contributed by atoms with E-state index in [9.17, 15) is 0 Å². The van der Waals surface area contributed by atoms with Crippen LogP contribution in [0.1, 0.15) is 30.0 Å². The molecule has 0 atom stereocenters. The first kappa shape index (κ1) is 14.6. The Morgan fingerprint density at radius 2 is 1.65 bits per heavy atom. The van der Waals surface area contributed by atoms with Crippen LogP contribution >= 0.6 is 0 Å².